The summed E-state index contributed by atoms with van der Waals surface area (Å²) in [5.74, 6) is -0.448. The van der Waals surface area contributed by atoms with Gasteiger partial charge in [-0.05, 0) is 18.2 Å². The monoisotopic (exact) mass is 308 g/mol. The van der Waals surface area contributed by atoms with Crippen LogP contribution in [0, 0.1) is 5.82 Å². The van der Waals surface area contributed by atoms with Crippen LogP contribution in [-0.2, 0) is 0 Å². The molecule has 0 saturated carbocycles. The Hall–Kier alpha value is -2.02. The van der Waals surface area contributed by atoms with Gasteiger partial charge in [0.1, 0.15) is 16.9 Å². The molecule has 2 aromatic heterocycles. The molecule has 7 heteroatoms. The zero-order chi connectivity index (χ0) is 12.7. The number of benzene rings is 1. The molecule has 5 nitrogen and oxygen atoms in total. The Kier molecular flexibility index (Phi) is 2.48. The van der Waals surface area contributed by atoms with Crippen LogP contribution in [0.4, 0.5) is 4.39 Å². The van der Waals surface area contributed by atoms with Crippen LogP contribution >= 0.6 is 15.9 Å². The van der Waals surface area contributed by atoms with Crippen LogP contribution in [0.2, 0.25) is 0 Å². The molecule has 0 radical (unpaired) electrons. The summed E-state index contributed by atoms with van der Waals surface area (Å²) < 4.78 is 15.8. The van der Waals surface area contributed by atoms with Crippen LogP contribution in [0.15, 0.2) is 40.0 Å². The molecule has 3 aromatic rings. The quantitative estimate of drug-likeness (QED) is 0.748. The number of aromatic nitrogens is 4. The summed E-state index contributed by atoms with van der Waals surface area (Å²) in [6, 6.07) is 4.59. The molecule has 0 aliphatic heterocycles. The van der Waals surface area contributed by atoms with E-state index in [4.69, 9.17) is 0 Å². The lowest BCUT2D eigenvalue weighted by molar-refractivity contribution is 0.611. The van der Waals surface area contributed by atoms with Gasteiger partial charge in [0.25, 0.3) is 5.56 Å². The zero-order valence-electron chi connectivity index (χ0n) is 8.89. The number of H-pyrrole nitrogens is 1. The number of nitrogens with one attached hydrogen (secondary N) is 1. The highest BCUT2D eigenvalue weighted by molar-refractivity contribution is 9.10. The SMILES string of the molecule is O=c1[nH]cnc2c1cnn2-c1ccc(Br)cc1F. The van der Waals surface area contributed by atoms with E-state index in [-0.39, 0.29) is 11.2 Å². The summed E-state index contributed by atoms with van der Waals surface area (Å²) in [5.41, 5.74) is 0.259. The van der Waals surface area contributed by atoms with E-state index in [1.807, 2.05) is 0 Å². The van der Waals surface area contributed by atoms with E-state index in [0.717, 1.165) is 0 Å². The van der Waals surface area contributed by atoms with Gasteiger partial charge in [0.2, 0.25) is 0 Å². The number of halogens is 2. The molecule has 0 unspecified atom stereocenters. The molecule has 18 heavy (non-hydrogen) atoms. The minimum Gasteiger partial charge on any atom is -0.312 e. The minimum absolute atomic E-state index is 0.242. The van der Waals surface area contributed by atoms with Crippen molar-refractivity contribution in [2.75, 3.05) is 0 Å². The lowest BCUT2D eigenvalue weighted by Gasteiger charge is -2.04. The van der Waals surface area contributed by atoms with Crippen LogP contribution < -0.4 is 5.56 Å². The second kappa shape index (κ2) is 4.02. The van der Waals surface area contributed by atoms with E-state index >= 15 is 0 Å². The number of rotatable bonds is 1. The predicted molar refractivity (Wildman–Crippen MR) is 67.1 cm³/mol. The number of fused-ring (bicyclic) bond motifs is 1. The van der Waals surface area contributed by atoms with Crippen LogP contribution in [0.5, 0.6) is 0 Å². The van der Waals surface area contributed by atoms with Gasteiger partial charge in [-0.3, -0.25) is 4.79 Å². The first-order valence-corrected chi connectivity index (χ1v) is 5.83. The summed E-state index contributed by atoms with van der Waals surface area (Å²) >= 11 is 3.18. The molecule has 1 aromatic carbocycles. The van der Waals surface area contributed by atoms with Crippen molar-refractivity contribution in [1.82, 2.24) is 19.7 Å². The lowest BCUT2D eigenvalue weighted by atomic mass is 10.3. The highest BCUT2D eigenvalue weighted by Crippen LogP contribution is 2.20. The van der Waals surface area contributed by atoms with E-state index in [1.165, 1.54) is 23.3 Å². The van der Waals surface area contributed by atoms with Gasteiger partial charge < -0.3 is 4.98 Å². The van der Waals surface area contributed by atoms with Crippen molar-refractivity contribution in [3.8, 4) is 5.69 Å². The highest BCUT2D eigenvalue weighted by Gasteiger charge is 2.12. The van der Waals surface area contributed by atoms with Crippen molar-refractivity contribution in [1.29, 1.82) is 0 Å². The fourth-order valence-electron chi connectivity index (χ4n) is 1.69. The highest BCUT2D eigenvalue weighted by atomic mass is 79.9. The molecule has 3 rings (SSSR count). The van der Waals surface area contributed by atoms with Gasteiger partial charge in [-0.25, -0.2) is 14.1 Å². The molecule has 0 fully saturated rings. The van der Waals surface area contributed by atoms with Crippen molar-refractivity contribution in [2.24, 2.45) is 0 Å². The molecule has 0 amide bonds. The first-order chi connectivity index (χ1) is 8.66. The fourth-order valence-corrected chi connectivity index (χ4v) is 2.02. The summed E-state index contributed by atoms with van der Waals surface area (Å²) in [6.45, 7) is 0. The average molecular weight is 309 g/mol. The van der Waals surface area contributed by atoms with Gasteiger partial charge in [0, 0.05) is 4.47 Å². The molecular formula is C11H6BrFN4O. The molecular weight excluding hydrogens is 303 g/mol. The number of nitrogens with zero attached hydrogens (tertiary/aromatic N) is 3. The Labute approximate surface area is 108 Å². The zero-order valence-corrected chi connectivity index (χ0v) is 10.5. The normalized spacial score (nSPS) is 11.0. The molecule has 0 aliphatic rings. The molecule has 0 saturated heterocycles. The summed E-state index contributed by atoms with van der Waals surface area (Å²) in [4.78, 5) is 18.0. The molecule has 0 spiro atoms. The van der Waals surface area contributed by atoms with Gasteiger partial charge in [-0.2, -0.15) is 5.10 Å². The van der Waals surface area contributed by atoms with Gasteiger partial charge in [0.05, 0.1) is 12.5 Å². The third-order valence-corrected chi connectivity index (χ3v) is 3.00. The lowest BCUT2D eigenvalue weighted by Crippen LogP contribution is -2.07. The van der Waals surface area contributed by atoms with Gasteiger partial charge >= 0.3 is 0 Å². The van der Waals surface area contributed by atoms with E-state index in [2.05, 4.69) is 31.0 Å². The number of aromatic amines is 1. The maximum absolute atomic E-state index is 13.8. The smallest absolute Gasteiger partial charge is 0.261 e. The van der Waals surface area contributed by atoms with Gasteiger partial charge in [-0.1, -0.05) is 15.9 Å². The van der Waals surface area contributed by atoms with Crippen molar-refractivity contribution < 1.29 is 4.39 Å². The third kappa shape index (κ3) is 1.63. The van der Waals surface area contributed by atoms with Crippen molar-refractivity contribution in [3.05, 3.63) is 51.4 Å². The topological polar surface area (TPSA) is 63.6 Å². The maximum Gasteiger partial charge on any atom is 0.261 e. The fraction of sp³-hybridized carbons (Fsp3) is 0. The predicted octanol–water partition coefficient (Wildman–Crippen LogP) is 2.01. The molecule has 0 aliphatic carbocycles. The Morgan fingerprint density at radius 3 is 3.00 bits per heavy atom. The Bertz CT molecular complexity index is 795. The second-order valence-electron chi connectivity index (χ2n) is 3.62. The third-order valence-electron chi connectivity index (χ3n) is 2.51. The molecule has 1 N–H and O–H groups in total. The van der Waals surface area contributed by atoms with E-state index < -0.39 is 5.82 Å². The van der Waals surface area contributed by atoms with Gasteiger partial charge in [0.15, 0.2) is 5.65 Å². The van der Waals surface area contributed by atoms with Crippen molar-refractivity contribution >= 4 is 27.0 Å². The Balaban J connectivity index is 2.32. The van der Waals surface area contributed by atoms with E-state index in [0.29, 0.717) is 15.5 Å². The van der Waals surface area contributed by atoms with Crippen LogP contribution in [-0.4, -0.2) is 19.7 Å². The Morgan fingerprint density at radius 2 is 2.22 bits per heavy atom. The second-order valence-corrected chi connectivity index (χ2v) is 4.54. The summed E-state index contributed by atoms with van der Waals surface area (Å²) in [6.07, 6.45) is 2.63. The van der Waals surface area contributed by atoms with E-state index in [9.17, 15) is 9.18 Å². The standard InChI is InChI=1S/C11H6BrFN4O/c12-6-1-2-9(8(13)3-6)17-10-7(4-16-17)11(18)15-5-14-10/h1-5H,(H,14,15,18). The van der Waals surface area contributed by atoms with E-state index in [1.54, 1.807) is 12.1 Å². The first-order valence-electron chi connectivity index (χ1n) is 5.03. The largest absolute Gasteiger partial charge is 0.312 e. The van der Waals surface area contributed by atoms with Crippen LogP contribution in [0.25, 0.3) is 16.7 Å². The minimum atomic E-state index is -0.448. The molecule has 90 valence electrons. The summed E-state index contributed by atoms with van der Waals surface area (Å²) in [7, 11) is 0. The van der Waals surface area contributed by atoms with Crippen molar-refractivity contribution in [2.45, 2.75) is 0 Å². The molecule has 2 heterocycles. The number of hydrogen-bond donors (Lipinski definition) is 1. The first kappa shape index (κ1) is 11.1. The van der Waals surface area contributed by atoms with Crippen LogP contribution in [0.1, 0.15) is 0 Å². The maximum atomic E-state index is 13.8. The average Bonchev–Trinajstić information content (AvgIpc) is 2.74. The van der Waals surface area contributed by atoms with Gasteiger partial charge in [-0.15, -0.1) is 0 Å². The molecule has 0 bridgehead atoms. The Morgan fingerprint density at radius 1 is 1.39 bits per heavy atom. The van der Waals surface area contributed by atoms with Crippen molar-refractivity contribution in [3.63, 3.8) is 0 Å². The summed E-state index contributed by atoms with van der Waals surface area (Å²) in [5, 5.41) is 4.32. The molecule has 0 atom stereocenters. The van der Waals surface area contributed by atoms with Crippen LogP contribution in [0.3, 0.4) is 0 Å². The number of hydrogen-bond acceptors (Lipinski definition) is 3.